The Bertz CT molecular complexity index is 1120. The monoisotopic (exact) mass is 420 g/mol. The molecule has 3 aromatic rings. The van der Waals surface area contributed by atoms with Crippen molar-refractivity contribution in [1.82, 2.24) is 9.88 Å². The van der Waals surface area contributed by atoms with Crippen molar-refractivity contribution >= 4 is 16.0 Å². The fraction of sp³-hybridized carbons (Fsp3) is 0.263. The van der Waals surface area contributed by atoms with Crippen LogP contribution in [0.3, 0.4) is 0 Å². The van der Waals surface area contributed by atoms with Crippen LogP contribution >= 0.6 is 0 Å². The van der Waals surface area contributed by atoms with E-state index in [2.05, 4.69) is 9.88 Å². The summed E-state index contributed by atoms with van der Waals surface area (Å²) < 4.78 is 48.5. The number of esters is 1. The molecule has 0 aliphatic heterocycles. The van der Waals surface area contributed by atoms with Crippen molar-refractivity contribution in [3.63, 3.8) is 0 Å². The van der Waals surface area contributed by atoms with E-state index in [0.29, 0.717) is 17.1 Å². The third kappa shape index (κ3) is 4.66. The molecule has 0 saturated heterocycles. The number of aryl methyl sites for hydroxylation is 1. The highest BCUT2D eigenvalue weighted by molar-refractivity contribution is 7.89. The number of sulfonamides is 1. The molecule has 0 saturated carbocycles. The molecule has 0 radical (unpaired) electrons. The predicted molar refractivity (Wildman–Crippen MR) is 102 cm³/mol. The summed E-state index contributed by atoms with van der Waals surface area (Å²) in [5.74, 6) is 0.963. The van der Waals surface area contributed by atoms with E-state index in [-0.39, 0.29) is 35.3 Å². The van der Waals surface area contributed by atoms with Gasteiger partial charge in [0, 0.05) is 11.6 Å². The number of hydrogen-bond acceptors (Lipinski definition) is 8. The van der Waals surface area contributed by atoms with Gasteiger partial charge in [0.2, 0.25) is 10.0 Å². The highest BCUT2D eigenvalue weighted by Gasteiger charge is 2.22. The van der Waals surface area contributed by atoms with E-state index in [1.807, 2.05) is 0 Å². The number of ether oxygens (including phenoxy) is 2. The second-order valence-electron chi connectivity index (χ2n) is 6.00. The molecule has 10 heteroatoms. The summed E-state index contributed by atoms with van der Waals surface area (Å²) >= 11 is 0. The van der Waals surface area contributed by atoms with Crippen molar-refractivity contribution in [3.8, 4) is 17.1 Å². The van der Waals surface area contributed by atoms with Crippen LogP contribution in [-0.2, 0) is 21.3 Å². The van der Waals surface area contributed by atoms with E-state index in [4.69, 9.17) is 18.4 Å². The molecular formula is C19H20N2O7S. The molecule has 2 heterocycles. The number of nitrogens with zero attached hydrogens (tertiary/aromatic N) is 1. The average Bonchev–Trinajstić information content (AvgIpc) is 3.35. The van der Waals surface area contributed by atoms with Gasteiger partial charge < -0.3 is 18.4 Å². The van der Waals surface area contributed by atoms with E-state index in [1.54, 1.807) is 26.0 Å². The molecule has 29 heavy (non-hydrogen) atoms. The number of methoxy groups -OCH3 is 1. The number of carbonyl (C=O) groups excluding carboxylic acids is 1. The largest absolute Gasteiger partial charge is 0.495 e. The number of nitrogens with one attached hydrogen (secondary N) is 1. The Kier molecular flexibility index (Phi) is 6.04. The number of furan rings is 1. The Hall–Kier alpha value is -3.11. The Morgan fingerprint density at radius 1 is 1.21 bits per heavy atom. The van der Waals surface area contributed by atoms with Crippen molar-refractivity contribution in [3.05, 3.63) is 53.6 Å². The van der Waals surface area contributed by atoms with Crippen LogP contribution < -0.4 is 9.46 Å². The van der Waals surface area contributed by atoms with Gasteiger partial charge in [-0.1, -0.05) is 5.16 Å². The third-order valence-electron chi connectivity index (χ3n) is 3.96. The SMILES string of the molecule is CCOC(=O)c1cc(-c2ccc(S(=O)(=O)NCc3ccc(C)o3)c(OC)c2)on1. The first kappa shape index (κ1) is 20.6. The second kappa shape index (κ2) is 8.50. The molecule has 1 N–H and O–H groups in total. The van der Waals surface area contributed by atoms with Crippen LogP contribution in [0.1, 0.15) is 28.9 Å². The first-order valence-electron chi connectivity index (χ1n) is 8.71. The number of aromatic nitrogens is 1. The van der Waals surface area contributed by atoms with Crippen LogP contribution in [0.15, 0.2) is 50.2 Å². The molecule has 0 amide bonds. The molecule has 0 aliphatic carbocycles. The van der Waals surface area contributed by atoms with Gasteiger partial charge in [0.15, 0.2) is 11.5 Å². The van der Waals surface area contributed by atoms with E-state index >= 15 is 0 Å². The lowest BCUT2D eigenvalue weighted by Gasteiger charge is -2.11. The summed E-state index contributed by atoms with van der Waals surface area (Å²) in [7, 11) is -2.50. The Morgan fingerprint density at radius 2 is 2.00 bits per heavy atom. The van der Waals surface area contributed by atoms with Crippen molar-refractivity contribution in [2.45, 2.75) is 25.3 Å². The van der Waals surface area contributed by atoms with Crippen molar-refractivity contribution in [1.29, 1.82) is 0 Å². The lowest BCUT2D eigenvalue weighted by Crippen LogP contribution is -2.23. The molecule has 3 rings (SSSR count). The van der Waals surface area contributed by atoms with Gasteiger partial charge in [-0.15, -0.1) is 0 Å². The van der Waals surface area contributed by atoms with Gasteiger partial charge in [-0.05, 0) is 44.2 Å². The maximum Gasteiger partial charge on any atom is 0.360 e. The Labute approximate surface area is 167 Å². The van der Waals surface area contributed by atoms with Gasteiger partial charge in [0.05, 0.1) is 20.3 Å². The van der Waals surface area contributed by atoms with Crippen molar-refractivity contribution < 1.29 is 31.6 Å². The summed E-state index contributed by atoms with van der Waals surface area (Å²) in [5, 5.41) is 3.67. The van der Waals surface area contributed by atoms with Gasteiger partial charge in [-0.25, -0.2) is 17.9 Å². The van der Waals surface area contributed by atoms with Crippen molar-refractivity contribution in [2.24, 2.45) is 0 Å². The summed E-state index contributed by atoms with van der Waals surface area (Å²) in [6, 6.07) is 9.27. The zero-order valence-electron chi connectivity index (χ0n) is 16.1. The fourth-order valence-corrected chi connectivity index (χ4v) is 3.72. The summed E-state index contributed by atoms with van der Waals surface area (Å²) in [6.45, 7) is 3.68. The molecule has 0 atom stereocenters. The number of carbonyl (C=O) groups is 1. The average molecular weight is 420 g/mol. The van der Waals surface area contributed by atoms with Crippen LogP contribution in [0.5, 0.6) is 5.75 Å². The molecule has 0 aliphatic rings. The molecule has 0 spiro atoms. The summed E-state index contributed by atoms with van der Waals surface area (Å²) in [5.41, 5.74) is 0.512. The first-order valence-corrected chi connectivity index (χ1v) is 10.2. The molecule has 0 bridgehead atoms. The Balaban J connectivity index is 1.83. The normalized spacial score (nSPS) is 11.4. The van der Waals surface area contributed by atoms with Crippen LogP contribution in [0.4, 0.5) is 0 Å². The zero-order chi connectivity index (χ0) is 21.0. The van der Waals surface area contributed by atoms with Crippen molar-refractivity contribution in [2.75, 3.05) is 13.7 Å². The van der Waals surface area contributed by atoms with Crippen LogP contribution in [0.25, 0.3) is 11.3 Å². The summed E-state index contributed by atoms with van der Waals surface area (Å²) in [4.78, 5) is 11.7. The molecule has 1 aromatic carbocycles. The molecule has 0 unspecified atom stereocenters. The Morgan fingerprint density at radius 3 is 2.66 bits per heavy atom. The lowest BCUT2D eigenvalue weighted by atomic mass is 10.1. The second-order valence-corrected chi connectivity index (χ2v) is 7.73. The minimum atomic E-state index is -3.86. The molecule has 9 nitrogen and oxygen atoms in total. The number of benzene rings is 1. The van der Waals surface area contributed by atoms with Gasteiger partial charge in [0.1, 0.15) is 22.2 Å². The molecule has 2 aromatic heterocycles. The van der Waals surface area contributed by atoms with Gasteiger partial charge in [0.25, 0.3) is 0 Å². The zero-order valence-corrected chi connectivity index (χ0v) is 16.9. The minimum Gasteiger partial charge on any atom is -0.495 e. The molecule has 0 fully saturated rings. The van der Waals surface area contributed by atoms with Crippen LogP contribution in [0.2, 0.25) is 0 Å². The number of rotatable bonds is 8. The van der Waals surface area contributed by atoms with E-state index < -0.39 is 16.0 Å². The van der Waals surface area contributed by atoms with E-state index in [9.17, 15) is 13.2 Å². The lowest BCUT2D eigenvalue weighted by molar-refractivity contribution is 0.0514. The van der Waals surface area contributed by atoms with Crippen LogP contribution in [0, 0.1) is 6.92 Å². The van der Waals surface area contributed by atoms with Gasteiger partial charge >= 0.3 is 5.97 Å². The first-order chi connectivity index (χ1) is 13.8. The highest BCUT2D eigenvalue weighted by atomic mass is 32.2. The maximum atomic E-state index is 12.7. The topological polar surface area (TPSA) is 121 Å². The van der Waals surface area contributed by atoms with E-state index in [1.165, 1.54) is 31.4 Å². The maximum absolute atomic E-state index is 12.7. The van der Waals surface area contributed by atoms with Gasteiger partial charge in [-0.3, -0.25) is 0 Å². The smallest absolute Gasteiger partial charge is 0.360 e. The quantitative estimate of drug-likeness (QED) is 0.552. The number of hydrogen-bond donors (Lipinski definition) is 1. The van der Waals surface area contributed by atoms with Crippen LogP contribution in [-0.4, -0.2) is 33.3 Å². The molecule has 154 valence electrons. The van der Waals surface area contributed by atoms with E-state index in [0.717, 1.165) is 0 Å². The minimum absolute atomic E-state index is 0.00603. The molecular weight excluding hydrogens is 400 g/mol. The third-order valence-corrected chi connectivity index (χ3v) is 5.41. The predicted octanol–water partition coefficient (Wildman–Crippen LogP) is 2.91. The van der Waals surface area contributed by atoms with Gasteiger partial charge in [-0.2, -0.15) is 0 Å². The standard InChI is InChI=1S/C19H20N2O7S/c1-4-26-19(22)15-10-16(28-21-15)13-6-8-18(17(9-13)25-3)29(23,24)20-11-14-7-5-12(2)27-14/h5-10,20H,4,11H2,1-3H3. The fourth-order valence-electron chi connectivity index (χ4n) is 2.58. The highest BCUT2D eigenvalue weighted by Crippen LogP contribution is 2.30. The summed E-state index contributed by atoms with van der Waals surface area (Å²) in [6.07, 6.45) is 0.